The van der Waals surface area contributed by atoms with E-state index in [0.717, 1.165) is 5.56 Å². The minimum absolute atomic E-state index is 0.230. The Kier molecular flexibility index (Phi) is 4.17. The molecule has 0 aliphatic heterocycles. The van der Waals surface area contributed by atoms with Crippen LogP contribution < -0.4 is 0 Å². The van der Waals surface area contributed by atoms with E-state index in [9.17, 15) is 4.79 Å². The maximum absolute atomic E-state index is 12.5. The molecule has 100 valence electrons. The van der Waals surface area contributed by atoms with E-state index in [1.807, 2.05) is 77.0 Å². The molecule has 1 atom stereocenters. The van der Waals surface area contributed by atoms with Crippen LogP contribution in [-0.4, -0.2) is 30.6 Å². The Bertz CT molecular complexity index is 406. The molecule has 1 aromatic carbocycles. The van der Waals surface area contributed by atoms with Crippen molar-refractivity contribution in [2.75, 3.05) is 14.1 Å². The van der Waals surface area contributed by atoms with E-state index in [2.05, 4.69) is 0 Å². The highest BCUT2D eigenvalue weighted by Crippen LogP contribution is 2.29. The summed E-state index contributed by atoms with van der Waals surface area (Å²) < 4.78 is 5.54. The van der Waals surface area contributed by atoms with Gasteiger partial charge in [0.15, 0.2) is 0 Å². The molecule has 0 heterocycles. The summed E-state index contributed by atoms with van der Waals surface area (Å²) in [5.74, 6) is -0.230. The summed E-state index contributed by atoms with van der Waals surface area (Å²) in [6.07, 6.45) is 0. The average Bonchev–Trinajstić information content (AvgIpc) is 2.26. The number of hydrogen-bond donors (Lipinski definition) is 0. The highest BCUT2D eigenvalue weighted by molar-refractivity contribution is 5.82. The third-order valence-electron chi connectivity index (χ3n) is 3.03. The minimum Gasteiger partial charge on any atom is -0.458 e. The van der Waals surface area contributed by atoms with Crippen LogP contribution in [0.2, 0.25) is 0 Å². The second-order valence-corrected chi connectivity index (χ2v) is 5.83. The summed E-state index contributed by atoms with van der Waals surface area (Å²) in [5.41, 5.74) is -0.318. The molecule has 1 rings (SSSR count). The maximum atomic E-state index is 12.5. The Morgan fingerprint density at radius 2 is 1.56 bits per heavy atom. The fourth-order valence-electron chi connectivity index (χ4n) is 1.70. The fourth-order valence-corrected chi connectivity index (χ4v) is 1.70. The van der Waals surface area contributed by atoms with E-state index >= 15 is 0 Å². The Balaban J connectivity index is 3.13. The van der Waals surface area contributed by atoms with Crippen LogP contribution in [0.4, 0.5) is 0 Å². The molecule has 18 heavy (non-hydrogen) atoms. The zero-order valence-corrected chi connectivity index (χ0v) is 12.2. The topological polar surface area (TPSA) is 29.5 Å². The molecule has 3 nitrogen and oxygen atoms in total. The molecule has 1 unspecified atom stereocenters. The molecular formula is C15H23NO2. The molecule has 0 aliphatic carbocycles. The van der Waals surface area contributed by atoms with Crippen LogP contribution in [0.25, 0.3) is 0 Å². The summed E-state index contributed by atoms with van der Waals surface area (Å²) in [4.78, 5) is 14.3. The number of nitrogens with zero attached hydrogens (tertiary/aromatic N) is 1. The smallest absolute Gasteiger partial charge is 0.331 e. The monoisotopic (exact) mass is 249 g/mol. The number of hydrogen-bond acceptors (Lipinski definition) is 3. The second kappa shape index (κ2) is 5.11. The lowest BCUT2D eigenvalue weighted by molar-refractivity contribution is -0.168. The zero-order valence-electron chi connectivity index (χ0n) is 12.2. The number of carbonyl (C=O) groups is 1. The lowest BCUT2D eigenvalue weighted by Gasteiger charge is -2.36. The third kappa shape index (κ3) is 3.10. The molecule has 0 aliphatic rings. The van der Waals surface area contributed by atoms with Gasteiger partial charge in [-0.2, -0.15) is 0 Å². The van der Waals surface area contributed by atoms with Gasteiger partial charge in [-0.15, -0.1) is 0 Å². The molecule has 0 spiro atoms. The molecule has 1 aromatic rings. The predicted octanol–water partition coefficient (Wildman–Crippen LogP) is 2.81. The van der Waals surface area contributed by atoms with Crippen molar-refractivity contribution < 1.29 is 9.53 Å². The average molecular weight is 249 g/mol. The van der Waals surface area contributed by atoms with E-state index in [0.29, 0.717) is 0 Å². The van der Waals surface area contributed by atoms with Crippen molar-refractivity contribution in [2.24, 2.45) is 0 Å². The van der Waals surface area contributed by atoms with Crippen LogP contribution in [-0.2, 0) is 15.1 Å². The van der Waals surface area contributed by atoms with Crippen molar-refractivity contribution in [1.29, 1.82) is 0 Å². The van der Waals surface area contributed by atoms with Gasteiger partial charge >= 0.3 is 5.97 Å². The van der Waals surface area contributed by atoms with Gasteiger partial charge < -0.3 is 4.74 Å². The van der Waals surface area contributed by atoms with E-state index in [-0.39, 0.29) is 5.97 Å². The van der Waals surface area contributed by atoms with Gasteiger partial charge in [-0.05, 0) is 47.4 Å². The Morgan fingerprint density at radius 1 is 1.06 bits per heavy atom. The lowest BCUT2D eigenvalue weighted by atomic mass is 9.90. The molecule has 0 N–H and O–H groups in total. The van der Waals surface area contributed by atoms with Crippen LogP contribution in [0.15, 0.2) is 30.3 Å². The molecule has 0 saturated carbocycles. The number of ether oxygens (including phenoxy) is 1. The third-order valence-corrected chi connectivity index (χ3v) is 3.03. The predicted molar refractivity (Wildman–Crippen MR) is 73.3 cm³/mol. The molecule has 0 radical (unpaired) electrons. The lowest BCUT2D eigenvalue weighted by Crippen LogP contribution is -2.48. The van der Waals surface area contributed by atoms with Crippen molar-refractivity contribution in [3.63, 3.8) is 0 Å². The summed E-state index contributed by atoms with van der Waals surface area (Å²) in [5, 5.41) is 0. The van der Waals surface area contributed by atoms with Gasteiger partial charge in [0.2, 0.25) is 0 Å². The molecule has 0 bridgehead atoms. The highest BCUT2D eigenvalue weighted by atomic mass is 16.6. The normalized spacial score (nSPS) is 15.3. The molecule has 3 heteroatoms. The number of rotatable bonds is 3. The highest BCUT2D eigenvalue weighted by Gasteiger charge is 2.40. The quantitative estimate of drug-likeness (QED) is 0.771. The van der Waals surface area contributed by atoms with Gasteiger partial charge in [-0.3, -0.25) is 4.90 Å². The first-order valence-electron chi connectivity index (χ1n) is 6.14. The zero-order chi connectivity index (χ0) is 14.0. The van der Waals surface area contributed by atoms with Crippen molar-refractivity contribution in [2.45, 2.75) is 38.8 Å². The van der Waals surface area contributed by atoms with E-state index in [1.165, 1.54) is 0 Å². The molecule has 0 amide bonds. The van der Waals surface area contributed by atoms with Gasteiger partial charge in [-0.25, -0.2) is 4.79 Å². The molecule has 0 fully saturated rings. The van der Waals surface area contributed by atoms with Crippen molar-refractivity contribution in [3.05, 3.63) is 35.9 Å². The first-order valence-corrected chi connectivity index (χ1v) is 6.14. The standard InChI is InChI=1S/C15H23NO2/c1-14(2,3)18-13(17)15(4,16(5)6)12-10-8-7-9-11-12/h7-11H,1-6H3. The first-order chi connectivity index (χ1) is 8.18. The molecule has 0 saturated heterocycles. The van der Waals surface area contributed by atoms with Crippen molar-refractivity contribution in [1.82, 2.24) is 4.90 Å². The van der Waals surface area contributed by atoms with E-state index < -0.39 is 11.1 Å². The van der Waals surface area contributed by atoms with E-state index in [4.69, 9.17) is 4.74 Å². The number of carbonyl (C=O) groups excluding carboxylic acids is 1. The summed E-state index contributed by atoms with van der Waals surface area (Å²) in [6.45, 7) is 7.53. The second-order valence-electron chi connectivity index (χ2n) is 5.83. The Hall–Kier alpha value is -1.35. The summed E-state index contributed by atoms with van der Waals surface area (Å²) in [7, 11) is 3.77. The van der Waals surface area contributed by atoms with Crippen LogP contribution >= 0.6 is 0 Å². The SMILES string of the molecule is CN(C)C(C)(C(=O)OC(C)(C)C)c1ccccc1. The Labute approximate surface area is 110 Å². The minimum atomic E-state index is -0.769. The van der Waals surface area contributed by atoms with Crippen LogP contribution in [0.5, 0.6) is 0 Å². The summed E-state index contributed by atoms with van der Waals surface area (Å²) in [6, 6.07) is 9.70. The van der Waals surface area contributed by atoms with Gasteiger partial charge in [0.1, 0.15) is 11.1 Å². The molecule has 0 aromatic heterocycles. The largest absolute Gasteiger partial charge is 0.458 e. The van der Waals surface area contributed by atoms with Gasteiger partial charge in [0, 0.05) is 0 Å². The number of benzene rings is 1. The van der Waals surface area contributed by atoms with Crippen LogP contribution in [0.3, 0.4) is 0 Å². The van der Waals surface area contributed by atoms with Gasteiger partial charge in [0.05, 0.1) is 0 Å². The van der Waals surface area contributed by atoms with Gasteiger partial charge in [0.25, 0.3) is 0 Å². The maximum Gasteiger partial charge on any atom is 0.331 e. The van der Waals surface area contributed by atoms with Crippen molar-refractivity contribution >= 4 is 5.97 Å². The number of likely N-dealkylation sites (N-methyl/N-ethyl adjacent to an activating group) is 1. The Morgan fingerprint density at radius 3 is 1.94 bits per heavy atom. The number of esters is 1. The fraction of sp³-hybridized carbons (Fsp3) is 0.533. The van der Waals surface area contributed by atoms with Gasteiger partial charge in [-0.1, -0.05) is 30.3 Å². The van der Waals surface area contributed by atoms with Crippen molar-refractivity contribution in [3.8, 4) is 0 Å². The van der Waals surface area contributed by atoms with Crippen LogP contribution in [0, 0.1) is 0 Å². The molecular weight excluding hydrogens is 226 g/mol. The van der Waals surface area contributed by atoms with E-state index in [1.54, 1.807) is 0 Å². The summed E-state index contributed by atoms with van der Waals surface area (Å²) >= 11 is 0. The van der Waals surface area contributed by atoms with Crippen LogP contribution in [0.1, 0.15) is 33.3 Å². The first kappa shape index (κ1) is 14.7.